The van der Waals surface area contributed by atoms with Gasteiger partial charge >= 0.3 is 0 Å². The van der Waals surface area contributed by atoms with Gasteiger partial charge in [-0.15, -0.1) is 5.10 Å². The minimum absolute atomic E-state index is 0.0346. The van der Waals surface area contributed by atoms with E-state index in [0.717, 1.165) is 54.4 Å². The first-order valence-electron chi connectivity index (χ1n) is 12.7. The molecular weight excluding hydrogens is 534 g/mol. The minimum atomic E-state index is -1.43. The summed E-state index contributed by atoms with van der Waals surface area (Å²) in [6, 6.07) is 16.0. The molecule has 0 spiro atoms. The highest BCUT2D eigenvalue weighted by atomic mass is 35.5. The highest BCUT2D eigenvalue weighted by molar-refractivity contribution is 7.80. The Balaban J connectivity index is 1.36. The molecule has 204 valence electrons. The monoisotopic (exact) mass is 565 g/mol. The number of nitrogens with two attached hydrogens (primary N) is 1. The molecule has 0 saturated carbocycles. The summed E-state index contributed by atoms with van der Waals surface area (Å²) >= 11 is 4.88. The van der Waals surface area contributed by atoms with Gasteiger partial charge in [0.15, 0.2) is 11.2 Å². The second-order valence-electron chi connectivity index (χ2n) is 9.60. The Hall–Kier alpha value is -3.35. The van der Waals surface area contributed by atoms with Crippen LogP contribution < -0.4 is 10.5 Å². The molecule has 3 N–H and O–H groups in total. The lowest BCUT2D eigenvalue weighted by atomic mass is 10.1. The van der Waals surface area contributed by atoms with Crippen LogP contribution >= 0.6 is 11.6 Å². The van der Waals surface area contributed by atoms with Crippen LogP contribution in [0, 0.1) is 0 Å². The molecule has 2 aromatic carbocycles. The Kier molecular flexibility index (Phi) is 8.53. The normalized spacial score (nSPS) is 21.3. The maximum Gasteiger partial charge on any atom is 0.167 e. The second-order valence-corrected chi connectivity index (χ2v) is 11.1. The van der Waals surface area contributed by atoms with Gasteiger partial charge in [-0.25, -0.2) is 13.7 Å². The summed E-state index contributed by atoms with van der Waals surface area (Å²) in [6.07, 6.45) is 6.43. The van der Waals surface area contributed by atoms with E-state index in [0.29, 0.717) is 24.2 Å². The van der Waals surface area contributed by atoms with Crippen molar-refractivity contribution in [3.63, 3.8) is 0 Å². The fraction of sp³-hybridized carbons (Fsp3) is 0.296. The van der Waals surface area contributed by atoms with E-state index in [4.69, 9.17) is 16.7 Å². The molecular formula is C27H32ClN9OS. The van der Waals surface area contributed by atoms with E-state index in [1.165, 1.54) is 0 Å². The lowest BCUT2D eigenvalue weighted by Gasteiger charge is -2.36. The van der Waals surface area contributed by atoms with Crippen LogP contribution in [0.1, 0.15) is 12.0 Å². The van der Waals surface area contributed by atoms with Crippen LogP contribution in [0.3, 0.4) is 0 Å². The second kappa shape index (κ2) is 12.2. The van der Waals surface area contributed by atoms with E-state index < -0.39 is 11.2 Å². The number of benzene rings is 2. The lowest BCUT2D eigenvalue weighted by molar-refractivity contribution is 0.143. The molecule has 1 aromatic heterocycles. The summed E-state index contributed by atoms with van der Waals surface area (Å²) in [5.41, 5.74) is 4.46. The largest absolute Gasteiger partial charge is 0.362 e. The third-order valence-corrected chi connectivity index (χ3v) is 8.32. The van der Waals surface area contributed by atoms with Gasteiger partial charge in [0.1, 0.15) is 6.33 Å². The predicted octanol–water partition coefficient (Wildman–Crippen LogP) is 3.07. The summed E-state index contributed by atoms with van der Waals surface area (Å²) in [7, 11) is 0. The molecule has 0 aliphatic carbocycles. The Labute approximate surface area is 236 Å². The summed E-state index contributed by atoms with van der Waals surface area (Å²) < 4.78 is 15.1. The van der Waals surface area contributed by atoms with Gasteiger partial charge in [-0.1, -0.05) is 49.0 Å². The number of nitrogens with zero attached hydrogens (tertiary/aromatic N) is 7. The first kappa shape index (κ1) is 27.2. The van der Waals surface area contributed by atoms with Gasteiger partial charge in [-0.3, -0.25) is 4.90 Å². The van der Waals surface area contributed by atoms with Gasteiger partial charge in [-0.05, 0) is 53.3 Å². The van der Waals surface area contributed by atoms with Crippen LogP contribution in [0.2, 0.25) is 5.02 Å². The van der Waals surface area contributed by atoms with Gasteiger partial charge in [0.25, 0.3) is 0 Å². The van der Waals surface area contributed by atoms with Crippen molar-refractivity contribution in [3.8, 4) is 5.69 Å². The number of halogens is 1. The van der Waals surface area contributed by atoms with Crippen molar-refractivity contribution in [3.05, 3.63) is 96.1 Å². The predicted molar refractivity (Wildman–Crippen MR) is 156 cm³/mol. The number of hydrogen-bond acceptors (Lipinski definition) is 7. The van der Waals surface area contributed by atoms with Crippen molar-refractivity contribution in [1.29, 1.82) is 0 Å². The summed E-state index contributed by atoms with van der Waals surface area (Å²) in [6.45, 7) is 12.6. The molecule has 2 saturated heterocycles. The molecule has 3 aromatic rings. The number of para-hydroxylation sites is 1. The maximum atomic E-state index is 11.7. The molecule has 0 bridgehead atoms. The fourth-order valence-corrected chi connectivity index (χ4v) is 5.89. The third kappa shape index (κ3) is 6.45. The molecule has 2 aliphatic rings. The summed E-state index contributed by atoms with van der Waals surface area (Å²) in [5, 5.41) is 21.3. The number of aromatic nitrogens is 4. The molecule has 10 nitrogen and oxygen atoms in total. The Bertz CT molecular complexity index is 1360. The SMILES string of the molecule is C=C(Nc1ccccc1)C1CC(N2CCN(S(N)=O)CC2)CN1C(=C)/C=C/c1cc(Cl)ccc1-n1cnnn1. The van der Waals surface area contributed by atoms with Gasteiger partial charge in [0.05, 0.1) is 11.7 Å². The molecule has 3 unspecified atom stereocenters. The molecule has 2 fully saturated rings. The van der Waals surface area contributed by atoms with Crippen molar-refractivity contribution >= 4 is 34.5 Å². The average molecular weight is 566 g/mol. The smallest absolute Gasteiger partial charge is 0.167 e. The highest BCUT2D eigenvalue weighted by Crippen LogP contribution is 2.32. The number of anilines is 1. The lowest BCUT2D eigenvalue weighted by Crippen LogP contribution is -2.52. The highest BCUT2D eigenvalue weighted by Gasteiger charge is 2.38. The molecule has 3 atom stereocenters. The van der Waals surface area contributed by atoms with E-state index in [1.54, 1.807) is 11.0 Å². The number of likely N-dealkylation sites (tertiary alicyclic amines) is 1. The zero-order valence-corrected chi connectivity index (χ0v) is 23.1. The number of hydrogen-bond donors (Lipinski definition) is 2. The zero-order chi connectivity index (χ0) is 27.4. The van der Waals surface area contributed by atoms with Crippen molar-refractivity contribution in [2.45, 2.75) is 18.5 Å². The van der Waals surface area contributed by atoms with Gasteiger partial charge in [-0.2, -0.15) is 4.68 Å². The zero-order valence-electron chi connectivity index (χ0n) is 21.6. The van der Waals surface area contributed by atoms with Crippen LogP contribution in [0.5, 0.6) is 0 Å². The summed E-state index contributed by atoms with van der Waals surface area (Å²) in [4.78, 5) is 4.75. The molecule has 2 aliphatic heterocycles. The fourth-order valence-electron chi connectivity index (χ4n) is 5.19. The first-order chi connectivity index (χ1) is 18.9. The van der Waals surface area contributed by atoms with E-state index in [9.17, 15) is 4.21 Å². The quantitative estimate of drug-likeness (QED) is 0.384. The van der Waals surface area contributed by atoms with Gasteiger partial charge < -0.3 is 10.2 Å². The van der Waals surface area contributed by atoms with Crippen molar-refractivity contribution in [2.75, 3.05) is 38.0 Å². The van der Waals surface area contributed by atoms with E-state index >= 15 is 0 Å². The Morgan fingerprint density at radius 3 is 2.59 bits per heavy atom. The van der Waals surface area contributed by atoms with Crippen molar-refractivity contribution < 1.29 is 4.21 Å². The van der Waals surface area contributed by atoms with Gasteiger partial charge in [0.2, 0.25) is 0 Å². The minimum Gasteiger partial charge on any atom is -0.362 e. The van der Waals surface area contributed by atoms with Gasteiger partial charge in [0, 0.05) is 66.4 Å². The molecule has 5 rings (SSSR count). The van der Waals surface area contributed by atoms with Crippen molar-refractivity contribution in [1.82, 2.24) is 34.3 Å². The van der Waals surface area contributed by atoms with Crippen LogP contribution in [0.25, 0.3) is 11.8 Å². The number of nitrogens with one attached hydrogen (secondary N) is 1. The van der Waals surface area contributed by atoms with E-state index in [-0.39, 0.29) is 6.04 Å². The van der Waals surface area contributed by atoms with Crippen molar-refractivity contribution in [2.24, 2.45) is 5.14 Å². The molecule has 12 heteroatoms. The Morgan fingerprint density at radius 1 is 1.13 bits per heavy atom. The van der Waals surface area contributed by atoms with Crippen LogP contribution in [-0.2, 0) is 11.2 Å². The Morgan fingerprint density at radius 2 is 1.90 bits per heavy atom. The first-order valence-corrected chi connectivity index (χ1v) is 14.3. The number of piperazine rings is 1. The topological polar surface area (TPSA) is 108 Å². The standard InChI is InChI=1S/C27H32ClN9OS/c1-20(8-9-22-16-23(28)10-11-26(22)37-19-30-32-33-37)36-18-25(34-12-14-35(15-13-34)39(29)38)17-27(36)21(2)31-24-6-4-3-5-7-24/h3-11,16,19,25,27,31H,1-2,12-15,17-18,29H2/b9-8+. The molecule has 3 heterocycles. The van der Waals surface area contributed by atoms with E-state index in [2.05, 4.69) is 43.8 Å². The average Bonchev–Trinajstić information content (AvgIpc) is 3.63. The number of rotatable bonds is 9. The molecule has 0 radical (unpaired) electrons. The van der Waals surface area contributed by atoms with Crippen LogP contribution in [0.4, 0.5) is 5.69 Å². The number of tetrazole rings is 1. The van der Waals surface area contributed by atoms with Crippen LogP contribution in [0.15, 0.2) is 85.5 Å². The number of allylic oxidation sites excluding steroid dienone is 1. The van der Waals surface area contributed by atoms with Crippen LogP contribution in [-0.4, -0.2) is 83.3 Å². The van der Waals surface area contributed by atoms with E-state index in [1.807, 2.05) is 65.0 Å². The third-order valence-electron chi connectivity index (χ3n) is 7.21. The maximum absolute atomic E-state index is 11.7. The molecule has 0 amide bonds. The summed E-state index contributed by atoms with van der Waals surface area (Å²) in [5.74, 6) is 0. The molecule has 39 heavy (non-hydrogen) atoms.